The minimum atomic E-state index is -0.0579. The van der Waals surface area contributed by atoms with Crippen molar-refractivity contribution in [2.45, 2.75) is 51.5 Å². The molecule has 0 unspecified atom stereocenters. The van der Waals surface area contributed by atoms with Crippen molar-refractivity contribution in [2.75, 3.05) is 18.0 Å². The Labute approximate surface area is 167 Å². The zero-order valence-corrected chi connectivity index (χ0v) is 17.1. The van der Waals surface area contributed by atoms with Crippen LogP contribution in [0.2, 0.25) is 0 Å². The fourth-order valence-corrected chi connectivity index (χ4v) is 4.36. The summed E-state index contributed by atoms with van der Waals surface area (Å²) in [5, 5.41) is 3.15. The third-order valence-corrected chi connectivity index (χ3v) is 5.80. The number of nitrogens with zero attached hydrogens (tertiary/aromatic N) is 4. The zero-order chi connectivity index (χ0) is 18.8. The second kappa shape index (κ2) is 7.92. The fraction of sp³-hybridized carbons (Fsp3) is 0.500. The van der Waals surface area contributed by atoms with E-state index in [1.807, 2.05) is 6.92 Å². The zero-order valence-electron chi connectivity index (χ0n) is 15.5. The standard InChI is InChI=1S/C20H24BrN5O/c1-13-23-18-5-3-2-4-17(18)19(24-13)26-8-6-16(7-9-26)25-20(27)14-10-15(21)12-22-11-14/h10-12,16H,2-9H2,1H3,(H,25,27). The van der Waals surface area contributed by atoms with Gasteiger partial charge >= 0.3 is 0 Å². The Balaban J connectivity index is 1.41. The lowest BCUT2D eigenvalue weighted by Crippen LogP contribution is -2.45. The lowest BCUT2D eigenvalue weighted by atomic mass is 9.95. The van der Waals surface area contributed by atoms with Crippen LogP contribution < -0.4 is 10.2 Å². The number of nitrogens with one attached hydrogen (secondary N) is 1. The van der Waals surface area contributed by atoms with Gasteiger partial charge in [0.1, 0.15) is 11.6 Å². The number of carbonyl (C=O) groups is 1. The van der Waals surface area contributed by atoms with Gasteiger partial charge in [-0.05, 0) is 67.4 Å². The summed E-state index contributed by atoms with van der Waals surface area (Å²) in [5.74, 6) is 1.93. The Bertz CT molecular complexity index is 848. The van der Waals surface area contributed by atoms with Crippen LogP contribution in [-0.4, -0.2) is 40.0 Å². The predicted molar refractivity (Wildman–Crippen MR) is 108 cm³/mol. The van der Waals surface area contributed by atoms with Gasteiger partial charge in [0, 0.05) is 47.3 Å². The van der Waals surface area contributed by atoms with Gasteiger partial charge in [-0.15, -0.1) is 0 Å². The van der Waals surface area contributed by atoms with Gasteiger partial charge in [0.05, 0.1) is 5.56 Å². The van der Waals surface area contributed by atoms with E-state index in [1.54, 1.807) is 18.5 Å². The summed E-state index contributed by atoms with van der Waals surface area (Å²) in [4.78, 5) is 28.3. The number of fused-ring (bicyclic) bond motifs is 1. The monoisotopic (exact) mass is 429 g/mol. The van der Waals surface area contributed by atoms with Crippen LogP contribution in [0, 0.1) is 6.92 Å². The largest absolute Gasteiger partial charge is 0.356 e. The molecule has 0 saturated carbocycles. The molecule has 0 spiro atoms. The number of piperidine rings is 1. The molecule has 4 rings (SSSR count). The molecule has 2 aromatic rings. The molecule has 3 heterocycles. The average molecular weight is 430 g/mol. The van der Waals surface area contributed by atoms with E-state index in [0.29, 0.717) is 5.56 Å². The van der Waals surface area contributed by atoms with Crippen molar-refractivity contribution in [3.63, 3.8) is 0 Å². The van der Waals surface area contributed by atoms with E-state index in [-0.39, 0.29) is 11.9 Å². The topological polar surface area (TPSA) is 71.0 Å². The van der Waals surface area contributed by atoms with Gasteiger partial charge in [-0.3, -0.25) is 9.78 Å². The molecule has 0 bridgehead atoms. The molecule has 27 heavy (non-hydrogen) atoms. The molecule has 1 amide bonds. The summed E-state index contributed by atoms with van der Waals surface area (Å²) < 4.78 is 0.814. The van der Waals surface area contributed by atoms with Crippen molar-refractivity contribution in [3.05, 3.63) is 45.6 Å². The number of aromatic nitrogens is 3. The highest BCUT2D eigenvalue weighted by Gasteiger charge is 2.26. The molecule has 0 aromatic carbocycles. The quantitative estimate of drug-likeness (QED) is 0.810. The molecule has 1 saturated heterocycles. The number of rotatable bonds is 3. The van der Waals surface area contributed by atoms with Crippen LogP contribution in [0.1, 0.15) is 53.1 Å². The van der Waals surface area contributed by atoms with Crippen molar-refractivity contribution in [3.8, 4) is 0 Å². The molecule has 2 aromatic heterocycles. The molecule has 1 N–H and O–H groups in total. The van der Waals surface area contributed by atoms with Crippen molar-refractivity contribution < 1.29 is 4.79 Å². The molecule has 0 radical (unpaired) electrons. The van der Waals surface area contributed by atoms with Crippen LogP contribution in [0.15, 0.2) is 22.9 Å². The van der Waals surface area contributed by atoms with Gasteiger partial charge in [0.25, 0.3) is 5.91 Å². The molecule has 142 valence electrons. The number of carbonyl (C=O) groups excluding carboxylic acids is 1. The highest BCUT2D eigenvalue weighted by Crippen LogP contribution is 2.29. The van der Waals surface area contributed by atoms with Crippen LogP contribution in [0.3, 0.4) is 0 Å². The number of halogens is 1. The van der Waals surface area contributed by atoms with Crippen LogP contribution in [0.25, 0.3) is 0 Å². The Morgan fingerprint density at radius 1 is 1.19 bits per heavy atom. The maximum atomic E-state index is 12.4. The van der Waals surface area contributed by atoms with Crippen molar-refractivity contribution in [2.24, 2.45) is 0 Å². The smallest absolute Gasteiger partial charge is 0.253 e. The predicted octanol–water partition coefficient (Wildman–Crippen LogP) is 3.22. The minimum absolute atomic E-state index is 0.0579. The highest BCUT2D eigenvalue weighted by atomic mass is 79.9. The summed E-state index contributed by atoms with van der Waals surface area (Å²) in [7, 11) is 0. The van der Waals surface area contributed by atoms with Gasteiger partial charge in [0.2, 0.25) is 0 Å². The lowest BCUT2D eigenvalue weighted by Gasteiger charge is -2.35. The molecule has 1 aliphatic heterocycles. The maximum absolute atomic E-state index is 12.4. The fourth-order valence-electron chi connectivity index (χ4n) is 4.00. The molecule has 2 aliphatic rings. The molecular weight excluding hydrogens is 406 g/mol. The first-order valence-electron chi connectivity index (χ1n) is 9.63. The second-order valence-electron chi connectivity index (χ2n) is 7.35. The summed E-state index contributed by atoms with van der Waals surface area (Å²) in [6.07, 6.45) is 9.72. The lowest BCUT2D eigenvalue weighted by molar-refractivity contribution is 0.0930. The number of pyridine rings is 1. The summed E-state index contributed by atoms with van der Waals surface area (Å²) >= 11 is 3.36. The number of hydrogen-bond donors (Lipinski definition) is 1. The van der Waals surface area contributed by atoms with Crippen molar-refractivity contribution in [1.82, 2.24) is 20.3 Å². The number of hydrogen-bond acceptors (Lipinski definition) is 5. The molecule has 1 aliphatic carbocycles. The Morgan fingerprint density at radius 2 is 1.96 bits per heavy atom. The number of aryl methyl sites for hydroxylation is 2. The van der Waals surface area contributed by atoms with E-state index in [2.05, 4.69) is 36.1 Å². The average Bonchev–Trinajstić information content (AvgIpc) is 2.68. The highest BCUT2D eigenvalue weighted by molar-refractivity contribution is 9.10. The second-order valence-corrected chi connectivity index (χ2v) is 8.27. The first-order valence-corrected chi connectivity index (χ1v) is 10.4. The molecule has 7 heteroatoms. The van der Waals surface area contributed by atoms with E-state index in [0.717, 1.165) is 54.9 Å². The van der Waals surface area contributed by atoms with E-state index < -0.39 is 0 Å². The number of anilines is 1. The van der Waals surface area contributed by atoms with E-state index in [1.165, 1.54) is 24.1 Å². The number of amides is 1. The Kier molecular flexibility index (Phi) is 5.38. The van der Waals surface area contributed by atoms with Crippen LogP contribution in [0.4, 0.5) is 5.82 Å². The van der Waals surface area contributed by atoms with Gasteiger partial charge < -0.3 is 10.2 Å². The van der Waals surface area contributed by atoms with Gasteiger partial charge in [-0.1, -0.05) is 0 Å². The normalized spacial score (nSPS) is 17.5. The maximum Gasteiger partial charge on any atom is 0.253 e. The first kappa shape index (κ1) is 18.3. The SMILES string of the molecule is Cc1nc2c(c(N3CCC(NC(=O)c4cncc(Br)c4)CC3)n1)CCCC2. The van der Waals surface area contributed by atoms with Gasteiger partial charge in [0.15, 0.2) is 0 Å². The first-order chi connectivity index (χ1) is 13.1. The van der Waals surface area contributed by atoms with E-state index in [4.69, 9.17) is 4.98 Å². The van der Waals surface area contributed by atoms with E-state index >= 15 is 0 Å². The van der Waals surface area contributed by atoms with Crippen molar-refractivity contribution in [1.29, 1.82) is 0 Å². The molecule has 0 atom stereocenters. The van der Waals surface area contributed by atoms with Crippen LogP contribution in [-0.2, 0) is 12.8 Å². The third-order valence-electron chi connectivity index (χ3n) is 5.37. The Hall–Kier alpha value is -2.02. The summed E-state index contributed by atoms with van der Waals surface area (Å²) in [6, 6.07) is 1.99. The van der Waals surface area contributed by atoms with E-state index in [9.17, 15) is 4.79 Å². The van der Waals surface area contributed by atoms with Crippen LogP contribution >= 0.6 is 15.9 Å². The van der Waals surface area contributed by atoms with Gasteiger partial charge in [-0.2, -0.15) is 0 Å². The minimum Gasteiger partial charge on any atom is -0.356 e. The molecule has 1 fully saturated rings. The van der Waals surface area contributed by atoms with Gasteiger partial charge in [-0.25, -0.2) is 9.97 Å². The summed E-state index contributed by atoms with van der Waals surface area (Å²) in [5.41, 5.74) is 3.17. The van der Waals surface area contributed by atoms with Crippen molar-refractivity contribution >= 4 is 27.7 Å². The van der Waals surface area contributed by atoms with Crippen LogP contribution in [0.5, 0.6) is 0 Å². The molecular formula is C20H24BrN5O. The molecule has 6 nitrogen and oxygen atoms in total. The summed E-state index contributed by atoms with van der Waals surface area (Å²) in [6.45, 7) is 3.80. The third kappa shape index (κ3) is 4.13. The Morgan fingerprint density at radius 3 is 2.74 bits per heavy atom.